The van der Waals surface area contributed by atoms with Crippen molar-refractivity contribution in [1.29, 1.82) is 0 Å². The predicted octanol–water partition coefficient (Wildman–Crippen LogP) is 3.89. The van der Waals surface area contributed by atoms with Crippen molar-refractivity contribution in [3.63, 3.8) is 0 Å². The minimum Gasteiger partial charge on any atom is -0.497 e. The van der Waals surface area contributed by atoms with E-state index >= 15 is 0 Å². The van der Waals surface area contributed by atoms with Gasteiger partial charge in [-0.2, -0.15) is 0 Å². The standard InChI is InChI=1S/C16H18O3S/c1-11-6-7-20-16(11)15(17)5-4-12-8-13(18-2)10-14(9-12)19-3/h6-10H,4-5H2,1-3H3. The van der Waals surface area contributed by atoms with Gasteiger partial charge in [-0.05, 0) is 48.1 Å². The summed E-state index contributed by atoms with van der Waals surface area (Å²) in [6, 6.07) is 7.69. The maximum Gasteiger partial charge on any atom is 0.173 e. The average molecular weight is 290 g/mol. The number of hydrogen-bond acceptors (Lipinski definition) is 4. The van der Waals surface area contributed by atoms with Crippen molar-refractivity contribution in [2.24, 2.45) is 0 Å². The number of carbonyl (C=O) groups is 1. The van der Waals surface area contributed by atoms with Gasteiger partial charge in [0.1, 0.15) is 11.5 Å². The van der Waals surface area contributed by atoms with Crippen LogP contribution in [0.15, 0.2) is 29.6 Å². The third kappa shape index (κ3) is 3.39. The molecule has 0 unspecified atom stereocenters. The zero-order valence-corrected chi connectivity index (χ0v) is 12.8. The first-order valence-electron chi connectivity index (χ1n) is 6.43. The molecule has 3 nitrogen and oxygen atoms in total. The lowest BCUT2D eigenvalue weighted by Gasteiger charge is -2.08. The lowest BCUT2D eigenvalue weighted by atomic mass is 10.0. The topological polar surface area (TPSA) is 35.5 Å². The molecule has 106 valence electrons. The highest BCUT2D eigenvalue weighted by Crippen LogP contribution is 2.24. The van der Waals surface area contributed by atoms with E-state index in [1.807, 2.05) is 36.6 Å². The number of rotatable bonds is 6. The lowest BCUT2D eigenvalue weighted by Crippen LogP contribution is -2.01. The second kappa shape index (κ2) is 6.57. The van der Waals surface area contributed by atoms with E-state index < -0.39 is 0 Å². The summed E-state index contributed by atoms with van der Waals surface area (Å²) in [5.74, 6) is 1.69. The molecule has 0 fully saturated rings. The molecule has 1 aromatic carbocycles. The Bertz CT molecular complexity index is 579. The summed E-state index contributed by atoms with van der Waals surface area (Å²) >= 11 is 1.51. The molecule has 2 aromatic rings. The number of thiophene rings is 1. The van der Waals surface area contributed by atoms with Gasteiger partial charge in [0.05, 0.1) is 19.1 Å². The second-order valence-corrected chi connectivity index (χ2v) is 5.49. The van der Waals surface area contributed by atoms with Crippen molar-refractivity contribution >= 4 is 17.1 Å². The van der Waals surface area contributed by atoms with Gasteiger partial charge in [0.15, 0.2) is 5.78 Å². The summed E-state index contributed by atoms with van der Waals surface area (Å²) in [6.07, 6.45) is 1.18. The van der Waals surface area contributed by atoms with Crippen LogP contribution in [0.5, 0.6) is 11.5 Å². The zero-order valence-electron chi connectivity index (χ0n) is 11.9. The van der Waals surface area contributed by atoms with Crippen LogP contribution in [0, 0.1) is 6.92 Å². The Hall–Kier alpha value is -1.81. The van der Waals surface area contributed by atoms with E-state index in [1.54, 1.807) is 14.2 Å². The van der Waals surface area contributed by atoms with E-state index in [2.05, 4.69) is 0 Å². The van der Waals surface area contributed by atoms with E-state index in [0.717, 1.165) is 27.5 Å². The Morgan fingerprint density at radius 3 is 2.30 bits per heavy atom. The molecular weight excluding hydrogens is 272 g/mol. The fourth-order valence-electron chi connectivity index (χ4n) is 2.04. The SMILES string of the molecule is COc1cc(CCC(=O)c2sccc2C)cc(OC)c1. The van der Waals surface area contributed by atoms with Crippen LogP contribution in [0.3, 0.4) is 0 Å². The highest BCUT2D eigenvalue weighted by Gasteiger charge is 2.11. The van der Waals surface area contributed by atoms with Crippen molar-refractivity contribution in [3.05, 3.63) is 45.6 Å². The molecule has 0 amide bonds. The quantitative estimate of drug-likeness (QED) is 0.757. The molecule has 0 bridgehead atoms. The van der Waals surface area contributed by atoms with Gasteiger partial charge in [0.2, 0.25) is 0 Å². The Balaban J connectivity index is 2.07. The fourth-order valence-corrected chi connectivity index (χ4v) is 2.94. The van der Waals surface area contributed by atoms with Crippen LogP contribution in [-0.4, -0.2) is 20.0 Å². The Kier molecular flexibility index (Phi) is 4.79. The van der Waals surface area contributed by atoms with Crippen LogP contribution in [0.1, 0.15) is 27.2 Å². The fraction of sp³-hybridized carbons (Fsp3) is 0.312. The Morgan fingerprint density at radius 1 is 1.15 bits per heavy atom. The van der Waals surface area contributed by atoms with Gasteiger partial charge in [0.25, 0.3) is 0 Å². The van der Waals surface area contributed by atoms with Crippen LogP contribution in [-0.2, 0) is 6.42 Å². The maximum atomic E-state index is 12.2. The van der Waals surface area contributed by atoms with Gasteiger partial charge in [-0.25, -0.2) is 0 Å². The molecule has 1 heterocycles. The first-order valence-corrected chi connectivity index (χ1v) is 7.31. The second-order valence-electron chi connectivity index (χ2n) is 4.58. The number of carbonyl (C=O) groups excluding carboxylic acids is 1. The van der Waals surface area contributed by atoms with Crippen LogP contribution in [0.4, 0.5) is 0 Å². The molecular formula is C16H18O3S. The normalized spacial score (nSPS) is 10.3. The highest BCUT2D eigenvalue weighted by atomic mass is 32.1. The van der Waals surface area contributed by atoms with Gasteiger partial charge >= 0.3 is 0 Å². The molecule has 2 rings (SSSR count). The molecule has 0 saturated heterocycles. The van der Waals surface area contributed by atoms with Crippen molar-refractivity contribution in [2.45, 2.75) is 19.8 Å². The van der Waals surface area contributed by atoms with Crippen LogP contribution < -0.4 is 9.47 Å². The van der Waals surface area contributed by atoms with E-state index in [-0.39, 0.29) is 5.78 Å². The van der Waals surface area contributed by atoms with Gasteiger partial charge in [-0.3, -0.25) is 4.79 Å². The summed E-state index contributed by atoms with van der Waals surface area (Å²) in [5, 5.41) is 1.96. The Morgan fingerprint density at radius 2 is 1.80 bits per heavy atom. The van der Waals surface area contributed by atoms with Crippen molar-refractivity contribution in [1.82, 2.24) is 0 Å². The molecule has 0 N–H and O–H groups in total. The van der Waals surface area contributed by atoms with Crippen LogP contribution in [0.2, 0.25) is 0 Å². The molecule has 1 aromatic heterocycles. The third-order valence-electron chi connectivity index (χ3n) is 3.17. The number of methoxy groups -OCH3 is 2. The smallest absolute Gasteiger partial charge is 0.173 e. The number of Topliss-reactive ketones (excluding diaryl/α,β-unsaturated/α-hetero) is 1. The third-order valence-corrected chi connectivity index (χ3v) is 4.22. The molecule has 0 aliphatic heterocycles. The molecule has 0 saturated carbocycles. The van der Waals surface area contributed by atoms with Crippen molar-refractivity contribution in [2.75, 3.05) is 14.2 Å². The monoisotopic (exact) mass is 290 g/mol. The first-order chi connectivity index (χ1) is 9.63. The van der Waals surface area contributed by atoms with Crippen molar-refractivity contribution in [3.8, 4) is 11.5 Å². The van der Waals surface area contributed by atoms with Crippen LogP contribution in [0.25, 0.3) is 0 Å². The molecule has 0 radical (unpaired) electrons. The summed E-state index contributed by atoms with van der Waals surface area (Å²) in [7, 11) is 3.25. The average Bonchev–Trinajstić information content (AvgIpc) is 2.90. The largest absolute Gasteiger partial charge is 0.497 e. The molecule has 0 aliphatic rings. The maximum absolute atomic E-state index is 12.2. The van der Waals surface area contributed by atoms with Gasteiger partial charge in [-0.15, -0.1) is 11.3 Å². The van der Waals surface area contributed by atoms with Crippen LogP contribution >= 0.6 is 11.3 Å². The minimum atomic E-state index is 0.194. The summed E-state index contributed by atoms with van der Waals surface area (Å²) in [4.78, 5) is 13.0. The molecule has 0 atom stereocenters. The highest BCUT2D eigenvalue weighted by molar-refractivity contribution is 7.12. The number of hydrogen-bond donors (Lipinski definition) is 0. The van der Waals surface area contributed by atoms with E-state index in [0.29, 0.717) is 12.8 Å². The molecule has 0 aliphatic carbocycles. The van der Waals surface area contributed by atoms with E-state index in [9.17, 15) is 4.79 Å². The number of ether oxygens (including phenoxy) is 2. The lowest BCUT2D eigenvalue weighted by molar-refractivity contribution is 0.0986. The van der Waals surface area contributed by atoms with Gasteiger partial charge in [-0.1, -0.05) is 0 Å². The number of aryl methyl sites for hydroxylation is 2. The summed E-state index contributed by atoms with van der Waals surface area (Å²) < 4.78 is 10.5. The summed E-state index contributed by atoms with van der Waals surface area (Å²) in [5.41, 5.74) is 2.10. The molecule has 20 heavy (non-hydrogen) atoms. The molecule has 4 heteroatoms. The first kappa shape index (κ1) is 14.6. The number of ketones is 1. The van der Waals surface area contributed by atoms with Crippen molar-refractivity contribution < 1.29 is 14.3 Å². The number of benzene rings is 1. The minimum absolute atomic E-state index is 0.194. The van der Waals surface area contributed by atoms with E-state index in [4.69, 9.17) is 9.47 Å². The summed E-state index contributed by atoms with van der Waals surface area (Å²) in [6.45, 7) is 1.97. The van der Waals surface area contributed by atoms with E-state index in [1.165, 1.54) is 11.3 Å². The van der Waals surface area contributed by atoms with Gasteiger partial charge in [0, 0.05) is 12.5 Å². The Labute approximate surface area is 123 Å². The molecule has 0 spiro atoms. The van der Waals surface area contributed by atoms with Gasteiger partial charge < -0.3 is 9.47 Å². The predicted molar refractivity (Wildman–Crippen MR) is 81.3 cm³/mol. The zero-order chi connectivity index (χ0) is 14.5.